The first kappa shape index (κ1) is 24.2. The molecule has 0 radical (unpaired) electrons. The summed E-state index contributed by atoms with van der Waals surface area (Å²) in [6.45, 7) is 0.556. The zero-order valence-corrected chi connectivity index (χ0v) is 18.7. The molecule has 0 saturated heterocycles. The lowest BCUT2D eigenvalue weighted by Gasteiger charge is -2.11. The number of hydrogen-bond acceptors (Lipinski definition) is 3. The fraction of sp³-hybridized carbons (Fsp3) is 0.0909. The second kappa shape index (κ2) is 11.9. The molecule has 156 valence electrons. The Balaban J connectivity index is 0.000000297. The van der Waals surface area contributed by atoms with Gasteiger partial charge in [-0.1, -0.05) is 53.0 Å². The van der Waals surface area contributed by atoms with Gasteiger partial charge in [0.25, 0.3) is 0 Å². The number of hydrogen-bond donors (Lipinski definition) is 2. The summed E-state index contributed by atoms with van der Waals surface area (Å²) in [6.07, 6.45) is 0. The molecular formula is C22H18Cl4N2O2. The number of benzene rings is 3. The Morgan fingerprint density at radius 3 is 2.10 bits per heavy atom. The topological polar surface area (TPSA) is 72.2 Å². The Kier molecular flexibility index (Phi) is 9.63. The first-order valence-corrected chi connectivity index (χ1v) is 10.4. The molecule has 0 bridgehead atoms. The predicted octanol–water partition coefficient (Wildman–Crippen LogP) is 6.20. The summed E-state index contributed by atoms with van der Waals surface area (Å²) < 4.78 is 0. The largest absolute Gasteiger partial charge is 0.326 e. The molecule has 0 heterocycles. The van der Waals surface area contributed by atoms with E-state index in [2.05, 4.69) is 5.32 Å². The fourth-order valence-electron chi connectivity index (χ4n) is 2.45. The van der Waals surface area contributed by atoms with Crippen LogP contribution in [0.3, 0.4) is 0 Å². The van der Waals surface area contributed by atoms with Gasteiger partial charge in [-0.3, -0.25) is 9.59 Å². The number of carbonyl (C=O) groups is 2. The number of nitrogens with one attached hydrogen (secondary N) is 1. The predicted molar refractivity (Wildman–Crippen MR) is 125 cm³/mol. The van der Waals surface area contributed by atoms with Gasteiger partial charge in [0.1, 0.15) is 5.88 Å². The van der Waals surface area contributed by atoms with E-state index in [4.69, 9.17) is 52.1 Å². The van der Waals surface area contributed by atoms with Gasteiger partial charge in [0.15, 0.2) is 5.78 Å². The van der Waals surface area contributed by atoms with Crippen LogP contribution >= 0.6 is 46.4 Å². The zero-order chi connectivity index (χ0) is 22.1. The van der Waals surface area contributed by atoms with E-state index in [0.717, 1.165) is 10.6 Å². The van der Waals surface area contributed by atoms with E-state index >= 15 is 0 Å². The smallest absolute Gasteiger partial charge is 0.239 e. The Labute approximate surface area is 194 Å². The van der Waals surface area contributed by atoms with Crippen molar-refractivity contribution in [1.29, 1.82) is 0 Å². The maximum Gasteiger partial charge on any atom is 0.239 e. The lowest BCUT2D eigenvalue weighted by Crippen LogP contribution is -2.16. The van der Waals surface area contributed by atoms with Crippen molar-refractivity contribution in [2.45, 2.75) is 6.54 Å². The van der Waals surface area contributed by atoms with E-state index in [9.17, 15) is 9.59 Å². The van der Waals surface area contributed by atoms with Gasteiger partial charge in [0.2, 0.25) is 5.91 Å². The van der Waals surface area contributed by atoms with Crippen LogP contribution in [-0.2, 0) is 11.3 Å². The van der Waals surface area contributed by atoms with Gasteiger partial charge in [0, 0.05) is 22.2 Å². The van der Waals surface area contributed by atoms with E-state index in [-0.39, 0.29) is 22.2 Å². The molecule has 0 fully saturated rings. The van der Waals surface area contributed by atoms with Crippen LogP contribution in [0, 0.1) is 0 Å². The highest BCUT2D eigenvalue weighted by Crippen LogP contribution is 2.27. The highest BCUT2D eigenvalue weighted by Gasteiger charge is 2.18. The van der Waals surface area contributed by atoms with Crippen molar-refractivity contribution in [1.82, 2.24) is 0 Å². The van der Waals surface area contributed by atoms with Crippen LogP contribution in [0.25, 0.3) is 0 Å². The molecule has 0 unspecified atom stereocenters. The average molecular weight is 484 g/mol. The number of ketones is 1. The van der Waals surface area contributed by atoms with Gasteiger partial charge in [0.05, 0.1) is 16.3 Å². The van der Waals surface area contributed by atoms with Crippen LogP contribution in [0.1, 0.15) is 21.5 Å². The fourth-order valence-corrected chi connectivity index (χ4v) is 3.12. The van der Waals surface area contributed by atoms with Crippen LogP contribution in [0.4, 0.5) is 5.69 Å². The minimum Gasteiger partial charge on any atom is -0.326 e. The Morgan fingerprint density at radius 2 is 1.53 bits per heavy atom. The van der Waals surface area contributed by atoms with Crippen molar-refractivity contribution in [2.75, 3.05) is 11.2 Å². The van der Waals surface area contributed by atoms with Crippen LogP contribution < -0.4 is 11.1 Å². The maximum absolute atomic E-state index is 12.6. The van der Waals surface area contributed by atoms with E-state index in [1.807, 2.05) is 24.3 Å². The Morgan fingerprint density at radius 1 is 0.867 bits per heavy atom. The number of halogens is 4. The molecule has 3 aromatic rings. The molecule has 0 aliphatic rings. The molecule has 3 N–H and O–H groups in total. The lowest BCUT2D eigenvalue weighted by atomic mass is 10.0. The van der Waals surface area contributed by atoms with Crippen LogP contribution in [0.2, 0.25) is 15.1 Å². The van der Waals surface area contributed by atoms with Crippen LogP contribution in [0.5, 0.6) is 0 Å². The molecule has 0 saturated carbocycles. The molecule has 0 aliphatic carbocycles. The molecule has 0 aliphatic heterocycles. The van der Waals surface area contributed by atoms with Crippen molar-refractivity contribution < 1.29 is 9.59 Å². The number of carbonyl (C=O) groups excluding carboxylic acids is 2. The first-order chi connectivity index (χ1) is 14.3. The van der Waals surface area contributed by atoms with Gasteiger partial charge in [-0.15, -0.1) is 11.6 Å². The third-order valence-corrected chi connectivity index (χ3v) is 4.91. The number of nitrogens with two attached hydrogens (primary N) is 1. The van der Waals surface area contributed by atoms with Crippen LogP contribution in [-0.4, -0.2) is 17.6 Å². The van der Waals surface area contributed by atoms with E-state index < -0.39 is 5.91 Å². The summed E-state index contributed by atoms with van der Waals surface area (Å²) in [6, 6.07) is 18.8. The Bertz CT molecular complexity index is 1020. The average Bonchev–Trinajstić information content (AvgIpc) is 2.74. The van der Waals surface area contributed by atoms with Crippen molar-refractivity contribution in [3.05, 3.63) is 98.5 Å². The third kappa shape index (κ3) is 7.01. The molecule has 0 spiro atoms. The van der Waals surface area contributed by atoms with Gasteiger partial charge in [-0.25, -0.2) is 0 Å². The summed E-state index contributed by atoms with van der Waals surface area (Å²) >= 11 is 23.0. The lowest BCUT2D eigenvalue weighted by molar-refractivity contribution is -0.113. The number of amides is 1. The van der Waals surface area contributed by atoms with E-state index in [0.29, 0.717) is 22.8 Å². The third-order valence-electron chi connectivity index (χ3n) is 3.87. The second-order valence-electron chi connectivity index (χ2n) is 6.01. The van der Waals surface area contributed by atoms with E-state index in [1.165, 1.54) is 0 Å². The molecule has 0 aromatic heterocycles. The molecule has 0 atom stereocenters. The van der Waals surface area contributed by atoms with Gasteiger partial charge < -0.3 is 11.1 Å². The van der Waals surface area contributed by atoms with Crippen molar-refractivity contribution in [3.63, 3.8) is 0 Å². The summed E-state index contributed by atoms with van der Waals surface area (Å²) in [5.41, 5.74) is 7.41. The van der Waals surface area contributed by atoms with Crippen molar-refractivity contribution in [2.24, 2.45) is 5.73 Å². The molecule has 8 heteroatoms. The van der Waals surface area contributed by atoms with Gasteiger partial charge in [-0.2, -0.15) is 0 Å². The maximum atomic E-state index is 12.6. The summed E-state index contributed by atoms with van der Waals surface area (Å²) in [5.74, 6) is -0.924. The number of anilines is 1. The molecule has 1 amide bonds. The normalized spacial score (nSPS) is 10.0. The molecule has 3 rings (SSSR count). The highest BCUT2D eigenvalue weighted by molar-refractivity contribution is 6.36. The van der Waals surface area contributed by atoms with E-state index in [1.54, 1.807) is 42.5 Å². The molecule has 30 heavy (non-hydrogen) atoms. The van der Waals surface area contributed by atoms with Crippen molar-refractivity contribution >= 4 is 63.8 Å². The number of alkyl halides is 1. The van der Waals surface area contributed by atoms with Crippen molar-refractivity contribution in [3.8, 4) is 0 Å². The van der Waals surface area contributed by atoms with Gasteiger partial charge >= 0.3 is 0 Å². The SMILES string of the molecule is NCc1cccc(Cl)c1.O=C(CCl)Nc1cccc(Cl)c1C(=O)c1ccc(Cl)cc1. The minimum atomic E-state index is -0.413. The zero-order valence-electron chi connectivity index (χ0n) is 15.7. The first-order valence-electron chi connectivity index (χ1n) is 8.74. The molecule has 4 nitrogen and oxygen atoms in total. The quantitative estimate of drug-likeness (QED) is 0.335. The van der Waals surface area contributed by atoms with Crippen LogP contribution in [0.15, 0.2) is 66.7 Å². The summed E-state index contributed by atoms with van der Waals surface area (Å²) in [4.78, 5) is 24.0. The summed E-state index contributed by atoms with van der Waals surface area (Å²) in [5, 5.41) is 4.09. The minimum absolute atomic E-state index is 0.207. The summed E-state index contributed by atoms with van der Waals surface area (Å²) in [7, 11) is 0. The monoisotopic (exact) mass is 482 g/mol. The molecular weight excluding hydrogens is 466 g/mol. The standard InChI is InChI=1S/C15H10Cl3NO2.C7H8ClN/c16-8-13(20)19-12-3-1-2-11(18)14(12)15(21)9-4-6-10(17)7-5-9;8-7-3-1-2-6(4-7)5-9/h1-7H,8H2,(H,19,20);1-4H,5,9H2. The second-order valence-corrected chi connectivity index (χ2v) is 7.56. The number of rotatable bonds is 5. The Hall–Kier alpha value is -2.08. The van der Waals surface area contributed by atoms with Gasteiger partial charge in [-0.05, 0) is 54.1 Å². The molecule has 3 aromatic carbocycles. The highest BCUT2D eigenvalue weighted by atomic mass is 35.5.